The average Bonchev–Trinajstić information content (AvgIpc) is 3.56. The molecule has 2 N–H and O–H groups in total. The average molecular weight is 444 g/mol. The van der Waals surface area contributed by atoms with Gasteiger partial charge in [-0.05, 0) is 32.2 Å². The summed E-state index contributed by atoms with van der Waals surface area (Å²) in [5.74, 6) is -0.479. The molecule has 8 nitrogen and oxygen atoms in total. The number of hydrogen-bond donors (Lipinski definition) is 2. The number of fused-ring (bicyclic) bond motifs is 1. The fourth-order valence-electron chi connectivity index (χ4n) is 3.98. The highest BCUT2D eigenvalue weighted by Crippen LogP contribution is 2.43. The monoisotopic (exact) mass is 444 g/mol. The van der Waals surface area contributed by atoms with E-state index in [9.17, 15) is 8.78 Å². The summed E-state index contributed by atoms with van der Waals surface area (Å²) in [5.41, 5.74) is 1.69. The molecule has 0 radical (unpaired) electrons. The van der Waals surface area contributed by atoms with Gasteiger partial charge in [-0.2, -0.15) is 5.10 Å². The third kappa shape index (κ3) is 4.24. The number of anilines is 1. The summed E-state index contributed by atoms with van der Waals surface area (Å²) in [7, 11) is 1.62. The van der Waals surface area contributed by atoms with Crippen LogP contribution in [0.3, 0.4) is 0 Å². The number of nitrogens with zero attached hydrogens (tertiary/aromatic N) is 4. The molecule has 32 heavy (non-hydrogen) atoms. The predicted molar refractivity (Wildman–Crippen MR) is 115 cm³/mol. The van der Waals surface area contributed by atoms with E-state index in [1.807, 2.05) is 0 Å². The van der Waals surface area contributed by atoms with Crippen molar-refractivity contribution in [2.75, 3.05) is 38.7 Å². The number of pyridine rings is 1. The van der Waals surface area contributed by atoms with Gasteiger partial charge in [-0.15, -0.1) is 0 Å². The Kier molecular flexibility index (Phi) is 5.88. The minimum atomic E-state index is -0.758. The fourth-order valence-corrected chi connectivity index (χ4v) is 3.98. The molecule has 10 heteroatoms. The molecule has 0 spiro atoms. The molecule has 170 valence electrons. The highest BCUT2D eigenvalue weighted by atomic mass is 19.1. The molecule has 1 saturated heterocycles. The molecule has 1 atom stereocenters. The third-order valence-corrected chi connectivity index (χ3v) is 5.80. The summed E-state index contributed by atoms with van der Waals surface area (Å²) in [6.07, 6.45) is 5.44. The first-order valence-corrected chi connectivity index (χ1v) is 11.0. The standard InChI is InChI=1S/C22H26F2N6O2/c1-31-7-8-32-18-10-19-26-12-17(30(19)29-20(18)13-4-5-13)21-15(23)9-16(24)22(28-21)27-14-3-2-6-25-11-14/h9-10,12-14,25H,2-8,11H2,1H3,(H,27,28)/t14-/m1/s1. The fraction of sp³-hybridized carbons (Fsp3) is 0.500. The van der Waals surface area contributed by atoms with E-state index in [-0.39, 0.29) is 17.6 Å². The van der Waals surface area contributed by atoms with E-state index >= 15 is 0 Å². The van der Waals surface area contributed by atoms with Gasteiger partial charge in [0, 0.05) is 37.7 Å². The summed E-state index contributed by atoms with van der Waals surface area (Å²) >= 11 is 0. The van der Waals surface area contributed by atoms with E-state index in [1.54, 1.807) is 17.7 Å². The minimum Gasteiger partial charge on any atom is -0.489 e. The van der Waals surface area contributed by atoms with Gasteiger partial charge in [-0.1, -0.05) is 0 Å². The second-order valence-electron chi connectivity index (χ2n) is 8.26. The highest BCUT2D eigenvalue weighted by molar-refractivity contribution is 5.63. The van der Waals surface area contributed by atoms with Gasteiger partial charge in [-0.25, -0.2) is 23.3 Å². The van der Waals surface area contributed by atoms with Crippen LogP contribution in [-0.4, -0.2) is 59.0 Å². The molecule has 2 aliphatic rings. The van der Waals surface area contributed by atoms with Crippen LogP contribution in [0.4, 0.5) is 14.6 Å². The zero-order valence-electron chi connectivity index (χ0n) is 17.9. The maximum atomic E-state index is 14.8. The SMILES string of the molecule is COCCOc1cc2ncc(-c3nc(N[C@@H]4CCCNC4)c(F)cc3F)n2nc1C1CC1. The Labute approximate surface area is 184 Å². The lowest BCUT2D eigenvalue weighted by Crippen LogP contribution is -2.38. The second kappa shape index (κ2) is 8.95. The van der Waals surface area contributed by atoms with Crippen LogP contribution >= 0.6 is 0 Å². The number of aromatic nitrogens is 4. The minimum absolute atomic E-state index is 0.00691. The summed E-state index contributed by atoms with van der Waals surface area (Å²) in [6, 6.07) is 2.70. The molecule has 4 heterocycles. The van der Waals surface area contributed by atoms with Crippen LogP contribution in [0.25, 0.3) is 17.0 Å². The lowest BCUT2D eigenvalue weighted by atomic mass is 10.1. The van der Waals surface area contributed by atoms with Crippen molar-refractivity contribution in [3.63, 3.8) is 0 Å². The Bertz CT molecular complexity index is 1110. The lowest BCUT2D eigenvalue weighted by molar-refractivity contribution is 0.145. The Morgan fingerprint density at radius 3 is 2.81 bits per heavy atom. The smallest absolute Gasteiger partial charge is 0.168 e. The van der Waals surface area contributed by atoms with Gasteiger partial charge in [0.1, 0.15) is 29.4 Å². The molecule has 0 bridgehead atoms. The van der Waals surface area contributed by atoms with Gasteiger partial charge in [0.05, 0.1) is 12.8 Å². The molecule has 1 aliphatic heterocycles. The van der Waals surface area contributed by atoms with Crippen molar-refractivity contribution < 1.29 is 18.3 Å². The zero-order valence-corrected chi connectivity index (χ0v) is 17.9. The molecule has 0 unspecified atom stereocenters. The molecule has 3 aromatic rings. The van der Waals surface area contributed by atoms with Gasteiger partial charge >= 0.3 is 0 Å². The van der Waals surface area contributed by atoms with E-state index in [0.717, 1.165) is 44.0 Å². The molecule has 0 aromatic carbocycles. The van der Waals surface area contributed by atoms with Crippen LogP contribution in [0, 0.1) is 11.6 Å². The first-order chi connectivity index (χ1) is 15.6. The Balaban J connectivity index is 1.51. The van der Waals surface area contributed by atoms with Crippen molar-refractivity contribution in [2.24, 2.45) is 0 Å². The molecule has 3 aromatic heterocycles. The van der Waals surface area contributed by atoms with E-state index in [2.05, 4.69) is 20.6 Å². The second-order valence-corrected chi connectivity index (χ2v) is 8.26. The van der Waals surface area contributed by atoms with Crippen molar-refractivity contribution in [2.45, 2.75) is 37.6 Å². The Morgan fingerprint density at radius 2 is 2.06 bits per heavy atom. The molecule has 0 amide bonds. The summed E-state index contributed by atoms with van der Waals surface area (Å²) in [5, 5.41) is 11.1. The quantitative estimate of drug-likeness (QED) is 0.517. The number of imidazole rings is 1. The van der Waals surface area contributed by atoms with Gasteiger partial charge in [-0.3, -0.25) is 0 Å². The van der Waals surface area contributed by atoms with Gasteiger partial charge in [0.15, 0.2) is 23.1 Å². The first-order valence-electron chi connectivity index (χ1n) is 11.0. The van der Waals surface area contributed by atoms with Crippen LogP contribution < -0.4 is 15.4 Å². The molecule has 5 rings (SSSR count). The van der Waals surface area contributed by atoms with Crippen LogP contribution in [0.5, 0.6) is 5.75 Å². The zero-order chi connectivity index (χ0) is 22.1. The van der Waals surface area contributed by atoms with Crippen LogP contribution in [0.15, 0.2) is 18.3 Å². The number of nitrogens with one attached hydrogen (secondary N) is 2. The number of methoxy groups -OCH3 is 1. The Morgan fingerprint density at radius 1 is 1.19 bits per heavy atom. The largest absolute Gasteiger partial charge is 0.489 e. The third-order valence-electron chi connectivity index (χ3n) is 5.80. The first kappa shape index (κ1) is 21.0. The van der Waals surface area contributed by atoms with Crippen LogP contribution in [-0.2, 0) is 4.74 Å². The van der Waals surface area contributed by atoms with E-state index < -0.39 is 11.6 Å². The Hall–Kier alpha value is -2.85. The molecular formula is C22H26F2N6O2. The normalized spacial score (nSPS) is 18.8. The maximum absolute atomic E-state index is 14.8. The maximum Gasteiger partial charge on any atom is 0.168 e. The van der Waals surface area contributed by atoms with Crippen molar-refractivity contribution in [1.29, 1.82) is 0 Å². The summed E-state index contributed by atoms with van der Waals surface area (Å²) in [4.78, 5) is 8.67. The number of rotatable bonds is 8. The van der Waals surface area contributed by atoms with Crippen molar-refractivity contribution in [1.82, 2.24) is 24.9 Å². The summed E-state index contributed by atoms with van der Waals surface area (Å²) < 4.78 is 41.7. The van der Waals surface area contributed by atoms with E-state index in [1.165, 1.54) is 6.20 Å². The van der Waals surface area contributed by atoms with Crippen LogP contribution in [0.2, 0.25) is 0 Å². The highest BCUT2D eigenvalue weighted by Gasteiger charge is 2.30. The van der Waals surface area contributed by atoms with Crippen molar-refractivity contribution in [3.05, 3.63) is 35.7 Å². The van der Waals surface area contributed by atoms with Crippen molar-refractivity contribution in [3.8, 4) is 17.1 Å². The number of halogens is 2. The topological polar surface area (TPSA) is 85.6 Å². The predicted octanol–water partition coefficient (Wildman–Crippen LogP) is 3.14. The molecule has 1 saturated carbocycles. The number of ether oxygens (including phenoxy) is 2. The van der Waals surface area contributed by atoms with Gasteiger partial charge in [0.2, 0.25) is 0 Å². The molecule has 2 fully saturated rings. The molecular weight excluding hydrogens is 418 g/mol. The number of hydrogen-bond acceptors (Lipinski definition) is 7. The van der Waals surface area contributed by atoms with E-state index in [0.29, 0.717) is 42.8 Å². The molecule has 1 aliphatic carbocycles. The summed E-state index contributed by atoms with van der Waals surface area (Å²) in [6.45, 7) is 2.52. The van der Waals surface area contributed by atoms with Gasteiger partial charge < -0.3 is 20.1 Å². The van der Waals surface area contributed by atoms with Gasteiger partial charge in [0.25, 0.3) is 0 Å². The number of piperidine rings is 1. The van der Waals surface area contributed by atoms with E-state index in [4.69, 9.17) is 14.6 Å². The lowest BCUT2D eigenvalue weighted by Gasteiger charge is -2.24. The van der Waals surface area contributed by atoms with Crippen LogP contribution in [0.1, 0.15) is 37.3 Å². The van der Waals surface area contributed by atoms with Crippen molar-refractivity contribution >= 4 is 11.5 Å².